The molecule has 1 aliphatic heterocycles. The lowest BCUT2D eigenvalue weighted by Gasteiger charge is -2.15. The second-order valence-corrected chi connectivity index (χ2v) is 15.0. The lowest BCUT2D eigenvalue weighted by atomic mass is 9.92. The number of methoxy groups -OCH3 is 1. The van der Waals surface area contributed by atoms with Crippen LogP contribution in [0.25, 0.3) is 18.2 Å². The molecule has 2 atom stereocenters. The highest BCUT2D eigenvalue weighted by molar-refractivity contribution is 9.14. The normalized spacial score (nSPS) is 17.1. The molecule has 1 aromatic carbocycles. The van der Waals surface area contributed by atoms with Gasteiger partial charge in [0, 0.05) is 19.5 Å². The predicted octanol–water partition coefficient (Wildman–Crippen LogP) is 11.2. The first kappa shape index (κ1) is 28.8. The maximum atomic E-state index is 5.82. The molecule has 2 heterocycles. The standard InChI is InChI=1S/C30H38Br2OS2/c1-21(2)7-5-8-22(3)9-6-10-23-19-25(12-14-27-16-18-30(32)35-27)28(33-4)20-24(23)11-13-26-15-17-29(31)34-26/h11-14,16-22,26H,5-10,15H2,1-4H3/b13-11+,14-12+. The molecule has 1 nitrogen and oxygen atoms in total. The summed E-state index contributed by atoms with van der Waals surface area (Å²) in [7, 11) is 1.77. The third kappa shape index (κ3) is 9.91. The van der Waals surface area contributed by atoms with Crippen LogP contribution in [0.2, 0.25) is 0 Å². The Morgan fingerprint density at radius 1 is 1.00 bits per heavy atom. The summed E-state index contributed by atoms with van der Waals surface area (Å²) in [6.45, 7) is 7.07. The van der Waals surface area contributed by atoms with Gasteiger partial charge in [0.2, 0.25) is 0 Å². The first-order chi connectivity index (χ1) is 16.8. The molecule has 3 rings (SSSR count). The molecule has 5 heteroatoms. The van der Waals surface area contributed by atoms with E-state index in [2.05, 4.69) is 107 Å². The second-order valence-electron chi connectivity index (χ2n) is 9.85. The van der Waals surface area contributed by atoms with Crippen molar-refractivity contribution in [2.75, 3.05) is 7.11 Å². The fraction of sp³-hybridized carbons (Fsp3) is 0.467. The smallest absolute Gasteiger partial charge is 0.126 e. The Hall–Kier alpha value is -0.750. The molecule has 0 amide bonds. The predicted molar refractivity (Wildman–Crippen MR) is 167 cm³/mol. The van der Waals surface area contributed by atoms with Crippen LogP contribution in [0.4, 0.5) is 0 Å². The van der Waals surface area contributed by atoms with Crippen molar-refractivity contribution in [1.29, 1.82) is 0 Å². The van der Waals surface area contributed by atoms with E-state index >= 15 is 0 Å². The zero-order valence-corrected chi connectivity index (χ0v) is 26.2. The van der Waals surface area contributed by atoms with E-state index < -0.39 is 0 Å². The molecule has 0 fully saturated rings. The van der Waals surface area contributed by atoms with Crippen molar-refractivity contribution in [1.82, 2.24) is 0 Å². The Balaban J connectivity index is 1.75. The van der Waals surface area contributed by atoms with Crippen LogP contribution in [0.3, 0.4) is 0 Å². The van der Waals surface area contributed by atoms with E-state index in [1.807, 2.05) is 11.8 Å². The summed E-state index contributed by atoms with van der Waals surface area (Å²) in [4.78, 5) is 1.23. The number of ether oxygens (including phenoxy) is 1. The molecule has 0 saturated heterocycles. The number of rotatable bonds is 13. The van der Waals surface area contributed by atoms with E-state index in [1.165, 1.54) is 51.9 Å². The summed E-state index contributed by atoms with van der Waals surface area (Å²) < 4.78 is 8.21. The van der Waals surface area contributed by atoms with Gasteiger partial charge in [-0.1, -0.05) is 64.7 Å². The van der Waals surface area contributed by atoms with Gasteiger partial charge in [0.25, 0.3) is 0 Å². The molecule has 2 unspecified atom stereocenters. The maximum absolute atomic E-state index is 5.82. The maximum Gasteiger partial charge on any atom is 0.126 e. The van der Waals surface area contributed by atoms with Crippen LogP contribution >= 0.6 is 55.0 Å². The Labute approximate surface area is 237 Å². The molecule has 1 aromatic heterocycles. The van der Waals surface area contributed by atoms with Gasteiger partial charge in [0.15, 0.2) is 0 Å². The fourth-order valence-electron chi connectivity index (χ4n) is 4.37. The minimum absolute atomic E-state index is 0.501. The number of aryl methyl sites for hydroxylation is 1. The summed E-state index contributed by atoms with van der Waals surface area (Å²) in [6.07, 6.45) is 20.0. The van der Waals surface area contributed by atoms with Crippen LogP contribution < -0.4 is 4.74 Å². The van der Waals surface area contributed by atoms with Crippen molar-refractivity contribution in [3.05, 3.63) is 65.6 Å². The summed E-state index contributed by atoms with van der Waals surface area (Å²) >= 11 is 10.8. The molecule has 190 valence electrons. The average molecular weight is 639 g/mol. The van der Waals surface area contributed by atoms with Crippen LogP contribution in [0.15, 0.2) is 44.0 Å². The lowest BCUT2D eigenvalue weighted by Crippen LogP contribution is -2.00. The van der Waals surface area contributed by atoms with E-state index in [1.54, 1.807) is 18.4 Å². The third-order valence-electron chi connectivity index (χ3n) is 6.40. The number of allylic oxidation sites excluding steroid dienone is 1. The summed E-state index contributed by atoms with van der Waals surface area (Å²) in [5.41, 5.74) is 3.85. The van der Waals surface area contributed by atoms with Crippen LogP contribution in [-0.4, -0.2) is 12.4 Å². The highest BCUT2D eigenvalue weighted by atomic mass is 79.9. The van der Waals surface area contributed by atoms with Crippen LogP contribution in [0, 0.1) is 11.8 Å². The van der Waals surface area contributed by atoms with E-state index in [4.69, 9.17) is 4.74 Å². The highest BCUT2D eigenvalue weighted by Gasteiger charge is 2.14. The quantitative estimate of drug-likeness (QED) is 0.216. The van der Waals surface area contributed by atoms with Gasteiger partial charge in [0.1, 0.15) is 5.75 Å². The van der Waals surface area contributed by atoms with Crippen molar-refractivity contribution in [3.63, 3.8) is 0 Å². The van der Waals surface area contributed by atoms with Gasteiger partial charge in [0.05, 0.1) is 10.9 Å². The van der Waals surface area contributed by atoms with Crippen LogP contribution in [0.1, 0.15) is 80.9 Å². The van der Waals surface area contributed by atoms with E-state index in [0.29, 0.717) is 5.25 Å². The van der Waals surface area contributed by atoms with Crippen LogP contribution in [0.5, 0.6) is 5.75 Å². The molecule has 0 saturated carbocycles. The molecule has 0 spiro atoms. The highest BCUT2D eigenvalue weighted by Crippen LogP contribution is 2.37. The number of thiophene rings is 1. The van der Waals surface area contributed by atoms with Gasteiger partial charge in [-0.3, -0.25) is 0 Å². The minimum atomic E-state index is 0.501. The second kappa shape index (κ2) is 14.9. The van der Waals surface area contributed by atoms with E-state index in [-0.39, 0.29) is 0 Å². The van der Waals surface area contributed by atoms with Crippen molar-refractivity contribution in [2.45, 2.75) is 71.0 Å². The molecule has 1 aliphatic rings. The fourth-order valence-corrected chi connectivity index (χ4v) is 7.43. The molecule has 35 heavy (non-hydrogen) atoms. The Morgan fingerprint density at radius 3 is 2.46 bits per heavy atom. The summed E-state index contributed by atoms with van der Waals surface area (Å²) in [5.74, 6) is 2.54. The number of halogens is 2. The largest absolute Gasteiger partial charge is 0.496 e. The Bertz CT molecular complexity index is 1030. The van der Waals surface area contributed by atoms with Gasteiger partial charge >= 0.3 is 0 Å². The average Bonchev–Trinajstić information content (AvgIpc) is 3.43. The first-order valence-corrected chi connectivity index (χ1v) is 16.0. The van der Waals surface area contributed by atoms with Crippen LogP contribution in [-0.2, 0) is 6.42 Å². The number of benzene rings is 1. The molecule has 0 N–H and O–H groups in total. The molecular formula is C30H38Br2OS2. The van der Waals surface area contributed by atoms with Gasteiger partial charge in [-0.05, 0) is 111 Å². The van der Waals surface area contributed by atoms with Crippen molar-refractivity contribution < 1.29 is 4.74 Å². The molecule has 0 bridgehead atoms. The molecule has 2 aromatic rings. The third-order valence-corrected chi connectivity index (χ3v) is 9.92. The van der Waals surface area contributed by atoms with Crippen molar-refractivity contribution in [2.24, 2.45) is 11.8 Å². The lowest BCUT2D eigenvalue weighted by molar-refractivity contribution is 0.413. The summed E-state index contributed by atoms with van der Waals surface area (Å²) in [5, 5.41) is 0.501. The van der Waals surface area contributed by atoms with Crippen molar-refractivity contribution in [3.8, 4) is 5.75 Å². The van der Waals surface area contributed by atoms with Gasteiger partial charge in [-0.2, -0.15) is 0 Å². The van der Waals surface area contributed by atoms with E-state index in [0.717, 1.165) is 39.8 Å². The zero-order valence-electron chi connectivity index (χ0n) is 21.4. The molecular weight excluding hydrogens is 600 g/mol. The van der Waals surface area contributed by atoms with E-state index in [9.17, 15) is 0 Å². The summed E-state index contributed by atoms with van der Waals surface area (Å²) in [6, 6.07) is 8.81. The van der Waals surface area contributed by atoms with Gasteiger partial charge < -0.3 is 4.74 Å². The molecule has 0 aliphatic carbocycles. The van der Waals surface area contributed by atoms with Crippen molar-refractivity contribution >= 4 is 73.2 Å². The number of thioether (sulfide) groups is 1. The number of hydrogen-bond donors (Lipinski definition) is 0. The first-order valence-electron chi connectivity index (χ1n) is 12.7. The Morgan fingerprint density at radius 2 is 1.80 bits per heavy atom. The minimum Gasteiger partial charge on any atom is -0.496 e. The number of hydrogen-bond acceptors (Lipinski definition) is 3. The zero-order chi connectivity index (χ0) is 25.2. The van der Waals surface area contributed by atoms with Gasteiger partial charge in [-0.25, -0.2) is 0 Å². The molecule has 0 radical (unpaired) electrons. The Kier molecular flexibility index (Phi) is 12.2. The SMILES string of the molecule is COc1cc(/C=C/C2CC=C(Br)S2)c(CCCC(C)CCCC(C)C)cc1/C=C/c1ccc(Br)s1. The topological polar surface area (TPSA) is 9.23 Å². The van der Waals surface area contributed by atoms with Gasteiger partial charge in [-0.15, -0.1) is 23.1 Å². The monoisotopic (exact) mass is 636 g/mol.